The van der Waals surface area contributed by atoms with Crippen LogP contribution in [0.25, 0.3) is 0 Å². The van der Waals surface area contributed by atoms with Crippen molar-refractivity contribution in [3.05, 3.63) is 22.6 Å². The number of alkyl halides is 3. The van der Waals surface area contributed by atoms with Gasteiger partial charge in [0.2, 0.25) is 0 Å². The van der Waals surface area contributed by atoms with Crippen LogP contribution in [0.2, 0.25) is 0 Å². The van der Waals surface area contributed by atoms with E-state index in [0.717, 1.165) is 0 Å². The van der Waals surface area contributed by atoms with Crippen LogP contribution in [0.4, 0.5) is 13.2 Å². The van der Waals surface area contributed by atoms with Crippen molar-refractivity contribution in [3.8, 4) is 0 Å². The van der Waals surface area contributed by atoms with E-state index in [1.807, 2.05) is 0 Å². The minimum atomic E-state index is -5.02. The van der Waals surface area contributed by atoms with Crippen LogP contribution in [0.1, 0.15) is 23.9 Å². The van der Waals surface area contributed by atoms with Crippen molar-refractivity contribution in [1.29, 1.82) is 0 Å². The van der Waals surface area contributed by atoms with Gasteiger partial charge >= 0.3 is 12.1 Å². The molecule has 1 aromatic heterocycles. The summed E-state index contributed by atoms with van der Waals surface area (Å²) in [5.41, 5.74) is -3.34. The highest BCUT2D eigenvalue weighted by Crippen LogP contribution is 2.41. The van der Waals surface area contributed by atoms with Gasteiger partial charge in [-0.15, -0.1) is 0 Å². The predicted molar refractivity (Wildman–Crippen MR) is 61.3 cm³/mol. The minimum Gasteiger partial charge on any atom is -0.444 e. The number of nitrogens with zero attached hydrogens (tertiary/aromatic N) is 2. The Bertz CT molecular complexity index is 554. The first kappa shape index (κ1) is 14.1. The Kier molecular flexibility index (Phi) is 3.21. The summed E-state index contributed by atoms with van der Waals surface area (Å²) in [6.45, 7) is 1.29. The quantitative estimate of drug-likeness (QED) is 0.854. The Balaban J connectivity index is 2.39. The Morgan fingerprint density at radius 2 is 2.21 bits per heavy atom. The fraction of sp³-hybridized carbons (Fsp3) is 0.400. The molecule has 1 atom stereocenters. The summed E-state index contributed by atoms with van der Waals surface area (Å²) in [5, 5.41) is 13.2. The molecule has 104 valence electrons. The van der Waals surface area contributed by atoms with Crippen LogP contribution in [0.5, 0.6) is 0 Å². The monoisotopic (exact) mass is 340 g/mol. The molecule has 2 heterocycles. The second-order valence-electron chi connectivity index (χ2n) is 4.05. The van der Waals surface area contributed by atoms with Gasteiger partial charge in [0.1, 0.15) is 0 Å². The van der Waals surface area contributed by atoms with Crippen LogP contribution in [-0.4, -0.2) is 33.6 Å². The summed E-state index contributed by atoms with van der Waals surface area (Å²) in [7, 11) is 0. The summed E-state index contributed by atoms with van der Waals surface area (Å²) in [6, 6.07) is 2.54. The number of furan rings is 1. The predicted octanol–water partition coefficient (Wildman–Crippen LogP) is 2.51. The highest BCUT2D eigenvalue weighted by molar-refractivity contribution is 9.10. The average molecular weight is 341 g/mol. The summed E-state index contributed by atoms with van der Waals surface area (Å²) in [5.74, 6) is -1.52. The van der Waals surface area contributed by atoms with Gasteiger partial charge in [-0.2, -0.15) is 23.3 Å². The summed E-state index contributed by atoms with van der Waals surface area (Å²) < 4.78 is 43.7. The van der Waals surface area contributed by atoms with Crippen molar-refractivity contribution in [1.82, 2.24) is 5.01 Å². The Labute approximate surface area is 113 Å². The van der Waals surface area contributed by atoms with E-state index in [4.69, 9.17) is 4.42 Å². The van der Waals surface area contributed by atoms with Crippen LogP contribution in [0.3, 0.4) is 0 Å². The van der Waals surface area contributed by atoms with Crippen molar-refractivity contribution in [2.45, 2.75) is 25.2 Å². The van der Waals surface area contributed by atoms with Crippen molar-refractivity contribution >= 4 is 27.5 Å². The van der Waals surface area contributed by atoms with E-state index in [-0.39, 0.29) is 21.2 Å². The molecule has 9 heteroatoms. The maximum atomic E-state index is 12.9. The number of carbonyl (C=O) groups excluding carboxylic acids is 1. The van der Waals surface area contributed by atoms with Gasteiger partial charge in [-0.25, -0.2) is 0 Å². The zero-order chi connectivity index (χ0) is 14.4. The molecule has 0 bridgehead atoms. The highest BCUT2D eigenvalue weighted by atomic mass is 79.9. The molecule has 0 unspecified atom stereocenters. The van der Waals surface area contributed by atoms with Crippen molar-refractivity contribution in [2.75, 3.05) is 0 Å². The van der Waals surface area contributed by atoms with E-state index in [0.29, 0.717) is 0 Å². The van der Waals surface area contributed by atoms with Gasteiger partial charge in [-0.3, -0.25) is 4.79 Å². The summed E-state index contributed by atoms with van der Waals surface area (Å²) in [4.78, 5) is 11.9. The first-order valence-electron chi connectivity index (χ1n) is 5.08. The molecule has 19 heavy (non-hydrogen) atoms. The van der Waals surface area contributed by atoms with E-state index < -0.39 is 24.2 Å². The largest absolute Gasteiger partial charge is 0.444 e. The fourth-order valence-corrected chi connectivity index (χ4v) is 1.99. The lowest BCUT2D eigenvalue weighted by atomic mass is 10.1. The number of rotatable bonds is 1. The van der Waals surface area contributed by atoms with Crippen LogP contribution in [0, 0.1) is 0 Å². The third-order valence-electron chi connectivity index (χ3n) is 2.55. The molecule has 0 radical (unpaired) electrons. The van der Waals surface area contributed by atoms with Crippen LogP contribution >= 0.6 is 15.9 Å². The highest BCUT2D eigenvalue weighted by Gasteiger charge is 2.63. The SMILES string of the molecule is CC1=NN(C(=O)c2ccc(Br)o2)[C@](O)(C(F)(F)F)C1. The van der Waals surface area contributed by atoms with Gasteiger partial charge in [-0.05, 0) is 35.0 Å². The van der Waals surface area contributed by atoms with E-state index in [9.17, 15) is 23.1 Å². The smallest absolute Gasteiger partial charge is 0.438 e. The number of hydrazone groups is 1. The first-order valence-corrected chi connectivity index (χ1v) is 5.87. The molecule has 1 aromatic rings. The number of hydrogen-bond donors (Lipinski definition) is 1. The van der Waals surface area contributed by atoms with Crippen LogP contribution < -0.4 is 0 Å². The second-order valence-corrected chi connectivity index (χ2v) is 4.83. The normalized spacial score (nSPS) is 23.7. The first-order chi connectivity index (χ1) is 8.65. The van der Waals surface area contributed by atoms with Gasteiger partial charge in [0.25, 0.3) is 5.72 Å². The molecule has 2 rings (SSSR count). The Morgan fingerprint density at radius 3 is 2.68 bits per heavy atom. The van der Waals surface area contributed by atoms with Gasteiger partial charge < -0.3 is 9.52 Å². The second kappa shape index (κ2) is 4.34. The zero-order valence-corrected chi connectivity index (χ0v) is 11.1. The number of carbonyl (C=O) groups is 1. The van der Waals surface area contributed by atoms with Crippen LogP contribution in [0.15, 0.2) is 26.3 Å². The summed E-state index contributed by atoms with van der Waals surface area (Å²) in [6.07, 6.45) is -5.81. The molecule has 0 saturated carbocycles. The third-order valence-corrected chi connectivity index (χ3v) is 2.98. The number of halogens is 4. The molecule has 0 aliphatic carbocycles. The van der Waals surface area contributed by atoms with E-state index >= 15 is 0 Å². The molecule has 1 aliphatic heterocycles. The molecule has 1 aliphatic rings. The molecule has 5 nitrogen and oxygen atoms in total. The standard InChI is InChI=1S/C10H8BrF3N2O3/c1-5-4-9(18,10(12,13)14)16(15-5)8(17)6-2-3-7(11)19-6/h2-3,18H,4H2,1H3/t9-/m1/s1. The lowest BCUT2D eigenvalue weighted by Crippen LogP contribution is -2.56. The van der Waals surface area contributed by atoms with E-state index in [2.05, 4.69) is 21.0 Å². The molecular formula is C10H8BrF3N2O3. The Hall–Kier alpha value is -1.35. The number of hydrogen-bond acceptors (Lipinski definition) is 4. The topological polar surface area (TPSA) is 66.0 Å². The number of amides is 1. The summed E-state index contributed by atoms with van der Waals surface area (Å²) >= 11 is 2.93. The molecule has 0 aromatic carbocycles. The maximum Gasteiger partial charge on any atom is 0.438 e. The fourth-order valence-electron chi connectivity index (χ4n) is 1.69. The third kappa shape index (κ3) is 2.27. The molecule has 0 saturated heterocycles. The van der Waals surface area contributed by atoms with Crippen molar-refractivity contribution in [2.24, 2.45) is 5.10 Å². The van der Waals surface area contributed by atoms with Crippen molar-refractivity contribution < 1.29 is 27.5 Å². The van der Waals surface area contributed by atoms with Gasteiger partial charge in [0.05, 0.1) is 0 Å². The van der Waals surface area contributed by atoms with Gasteiger partial charge in [-0.1, -0.05) is 0 Å². The van der Waals surface area contributed by atoms with E-state index in [1.54, 1.807) is 0 Å². The lowest BCUT2D eigenvalue weighted by molar-refractivity contribution is -0.297. The molecular weight excluding hydrogens is 333 g/mol. The molecule has 0 spiro atoms. The van der Waals surface area contributed by atoms with Gasteiger partial charge in [0, 0.05) is 12.1 Å². The number of aliphatic hydroxyl groups is 1. The zero-order valence-electron chi connectivity index (χ0n) is 9.53. The molecule has 1 N–H and O–H groups in total. The molecule has 1 amide bonds. The molecule has 0 fully saturated rings. The Morgan fingerprint density at radius 1 is 1.58 bits per heavy atom. The van der Waals surface area contributed by atoms with Gasteiger partial charge in [0.15, 0.2) is 10.4 Å². The van der Waals surface area contributed by atoms with Crippen molar-refractivity contribution in [3.63, 3.8) is 0 Å². The average Bonchev–Trinajstić information content (AvgIpc) is 2.81. The van der Waals surface area contributed by atoms with Crippen LogP contribution in [-0.2, 0) is 0 Å². The maximum absolute atomic E-state index is 12.9. The lowest BCUT2D eigenvalue weighted by Gasteiger charge is -2.32. The van der Waals surface area contributed by atoms with E-state index in [1.165, 1.54) is 19.1 Å². The minimum absolute atomic E-state index is 0.00111.